The van der Waals surface area contributed by atoms with Gasteiger partial charge in [-0.25, -0.2) is 4.39 Å². The van der Waals surface area contributed by atoms with Crippen LogP contribution < -0.4 is 0 Å². The fourth-order valence-corrected chi connectivity index (χ4v) is 2.28. The number of amides is 1. The molecule has 0 aliphatic carbocycles. The Labute approximate surface area is 105 Å². The van der Waals surface area contributed by atoms with E-state index >= 15 is 0 Å². The summed E-state index contributed by atoms with van der Waals surface area (Å²) in [6.45, 7) is 2.42. The second-order valence-electron chi connectivity index (χ2n) is 4.80. The number of halogens is 1. The van der Waals surface area contributed by atoms with Crippen LogP contribution in [-0.4, -0.2) is 39.7 Å². The molecule has 2 rings (SSSR count). The van der Waals surface area contributed by atoms with E-state index in [0.29, 0.717) is 6.42 Å². The number of likely N-dealkylation sites (tertiary alicyclic amines) is 1. The first-order valence-corrected chi connectivity index (χ1v) is 5.95. The standard InChI is InChI=1S/C13H16FNO3/c1-2-5-13(18)7-15(8-13)12(17)10-6-9(14)3-4-11(10)16/h3-4,6,16,18H,2,5,7-8H2,1H3. The third-order valence-electron chi connectivity index (χ3n) is 3.16. The van der Waals surface area contributed by atoms with Crippen LogP contribution in [0.25, 0.3) is 0 Å². The lowest BCUT2D eigenvalue weighted by molar-refractivity contribution is -0.0860. The molecular formula is C13H16FNO3. The van der Waals surface area contributed by atoms with Gasteiger partial charge in [-0.2, -0.15) is 0 Å². The molecule has 1 aromatic carbocycles. The van der Waals surface area contributed by atoms with Crippen LogP contribution in [-0.2, 0) is 0 Å². The van der Waals surface area contributed by atoms with Gasteiger partial charge in [0, 0.05) is 0 Å². The number of rotatable bonds is 3. The molecule has 0 radical (unpaired) electrons. The van der Waals surface area contributed by atoms with E-state index in [-0.39, 0.29) is 24.4 Å². The summed E-state index contributed by atoms with van der Waals surface area (Å²) < 4.78 is 13.0. The first kappa shape index (κ1) is 12.8. The lowest BCUT2D eigenvalue weighted by atomic mass is 9.88. The van der Waals surface area contributed by atoms with Crippen molar-refractivity contribution in [1.29, 1.82) is 0 Å². The molecule has 0 bridgehead atoms. The summed E-state index contributed by atoms with van der Waals surface area (Å²) in [6, 6.07) is 3.26. The largest absolute Gasteiger partial charge is 0.507 e. The Morgan fingerprint density at radius 3 is 2.78 bits per heavy atom. The number of phenolic OH excluding ortho intramolecular Hbond substituents is 1. The zero-order valence-corrected chi connectivity index (χ0v) is 10.2. The zero-order valence-electron chi connectivity index (χ0n) is 10.2. The average molecular weight is 253 g/mol. The third kappa shape index (κ3) is 2.31. The number of phenols is 1. The number of β-amino-alcohol motifs (C(OH)–C–C–N with tert-alkyl or cyclic N) is 1. The van der Waals surface area contributed by atoms with E-state index in [9.17, 15) is 19.4 Å². The molecule has 98 valence electrons. The highest BCUT2D eigenvalue weighted by Crippen LogP contribution is 2.29. The van der Waals surface area contributed by atoms with Crippen molar-refractivity contribution >= 4 is 5.91 Å². The summed E-state index contributed by atoms with van der Waals surface area (Å²) in [7, 11) is 0. The van der Waals surface area contributed by atoms with Crippen LogP contribution in [0.4, 0.5) is 4.39 Å². The maximum Gasteiger partial charge on any atom is 0.257 e. The molecule has 1 aromatic rings. The van der Waals surface area contributed by atoms with Crippen LogP contribution in [0.15, 0.2) is 18.2 Å². The van der Waals surface area contributed by atoms with Gasteiger partial charge in [-0.1, -0.05) is 13.3 Å². The number of carbonyl (C=O) groups excluding carboxylic acids is 1. The van der Waals surface area contributed by atoms with Crippen LogP contribution in [0.5, 0.6) is 5.75 Å². The summed E-state index contributed by atoms with van der Waals surface area (Å²) >= 11 is 0. The number of carbonyl (C=O) groups is 1. The van der Waals surface area contributed by atoms with Gasteiger partial charge in [0.2, 0.25) is 0 Å². The monoisotopic (exact) mass is 253 g/mol. The minimum Gasteiger partial charge on any atom is -0.507 e. The molecule has 1 heterocycles. The van der Waals surface area contributed by atoms with Crippen molar-refractivity contribution < 1.29 is 19.4 Å². The quantitative estimate of drug-likeness (QED) is 0.858. The Kier molecular flexibility index (Phi) is 3.26. The van der Waals surface area contributed by atoms with Gasteiger partial charge in [-0.05, 0) is 24.6 Å². The number of aromatic hydroxyl groups is 1. The molecule has 1 fully saturated rings. The Morgan fingerprint density at radius 1 is 1.50 bits per heavy atom. The van der Waals surface area contributed by atoms with E-state index in [2.05, 4.69) is 0 Å². The van der Waals surface area contributed by atoms with Crippen molar-refractivity contribution in [3.8, 4) is 5.75 Å². The van der Waals surface area contributed by atoms with Crippen molar-refractivity contribution in [2.45, 2.75) is 25.4 Å². The Hall–Kier alpha value is -1.62. The molecule has 0 saturated carbocycles. The van der Waals surface area contributed by atoms with Gasteiger partial charge in [0.1, 0.15) is 11.6 Å². The van der Waals surface area contributed by atoms with Gasteiger partial charge in [-0.15, -0.1) is 0 Å². The molecule has 4 nitrogen and oxygen atoms in total. The summed E-state index contributed by atoms with van der Waals surface area (Å²) in [5, 5.41) is 19.5. The number of hydrogen-bond acceptors (Lipinski definition) is 3. The first-order chi connectivity index (χ1) is 8.45. The van der Waals surface area contributed by atoms with E-state index < -0.39 is 17.3 Å². The van der Waals surface area contributed by atoms with Crippen LogP contribution in [0, 0.1) is 5.82 Å². The van der Waals surface area contributed by atoms with E-state index in [1.54, 1.807) is 0 Å². The summed E-state index contributed by atoms with van der Waals surface area (Å²) in [4.78, 5) is 13.4. The molecule has 0 aromatic heterocycles. The topological polar surface area (TPSA) is 60.8 Å². The molecular weight excluding hydrogens is 237 g/mol. The summed E-state index contributed by atoms with van der Waals surface area (Å²) in [5.41, 5.74) is -0.888. The van der Waals surface area contributed by atoms with Crippen molar-refractivity contribution in [2.24, 2.45) is 0 Å². The fraction of sp³-hybridized carbons (Fsp3) is 0.462. The van der Waals surface area contributed by atoms with E-state index in [4.69, 9.17) is 0 Å². The number of hydrogen-bond donors (Lipinski definition) is 2. The van der Waals surface area contributed by atoms with Gasteiger partial charge < -0.3 is 15.1 Å². The smallest absolute Gasteiger partial charge is 0.257 e. The molecule has 1 amide bonds. The molecule has 2 N–H and O–H groups in total. The van der Waals surface area contributed by atoms with E-state index in [1.165, 1.54) is 4.90 Å². The van der Waals surface area contributed by atoms with Crippen molar-refractivity contribution in [2.75, 3.05) is 13.1 Å². The van der Waals surface area contributed by atoms with E-state index in [1.807, 2.05) is 6.92 Å². The number of benzene rings is 1. The molecule has 0 unspecified atom stereocenters. The Balaban J connectivity index is 2.08. The normalized spacial score (nSPS) is 17.4. The molecule has 0 atom stereocenters. The summed E-state index contributed by atoms with van der Waals surface area (Å²) in [5.74, 6) is -1.26. The van der Waals surface area contributed by atoms with Gasteiger partial charge in [-0.3, -0.25) is 4.79 Å². The predicted octanol–water partition coefficient (Wildman–Crippen LogP) is 1.52. The first-order valence-electron chi connectivity index (χ1n) is 5.95. The Morgan fingerprint density at radius 2 is 2.17 bits per heavy atom. The van der Waals surface area contributed by atoms with Crippen LogP contribution in [0.3, 0.4) is 0 Å². The van der Waals surface area contributed by atoms with Gasteiger partial charge in [0.05, 0.1) is 24.3 Å². The molecule has 0 spiro atoms. The van der Waals surface area contributed by atoms with Gasteiger partial charge in [0.15, 0.2) is 0 Å². The van der Waals surface area contributed by atoms with Crippen LogP contribution in [0.2, 0.25) is 0 Å². The average Bonchev–Trinajstić information content (AvgIpc) is 2.28. The highest BCUT2D eigenvalue weighted by atomic mass is 19.1. The molecule has 1 aliphatic rings. The zero-order chi connectivity index (χ0) is 13.3. The molecule has 1 aliphatic heterocycles. The highest BCUT2D eigenvalue weighted by Gasteiger charge is 2.43. The minimum absolute atomic E-state index is 0.0615. The Bertz CT molecular complexity index is 469. The maximum atomic E-state index is 13.0. The summed E-state index contributed by atoms with van der Waals surface area (Å²) in [6.07, 6.45) is 1.47. The second kappa shape index (κ2) is 4.57. The van der Waals surface area contributed by atoms with Crippen LogP contribution >= 0.6 is 0 Å². The van der Waals surface area contributed by atoms with Crippen LogP contribution in [0.1, 0.15) is 30.1 Å². The third-order valence-corrected chi connectivity index (χ3v) is 3.16. The van der Waals surface area contributed by atoms with E-state index in [0.717, 1.165) is 24.6 Å². The van der Waals surface area contributed by atoms with Crippen molar-refractivity contribution in [1.82, 2.24) is 4.90 Å². The molecule has 5 heteroatoms. The lowest BCUT2D eigenvalue weighted by Crippen LogP contribution is -2.63. The second-order valence-corrected chi connectivity index (χ2v) is 4.80. The minimum atomic E-state index is -0.826. The SMILES string of the molecule is CCCC1(O)CN(C(=O)c2cc(F)ccc2O)C1. The fourth-order valence-electron chi connectivity index (χ4n) is 2.28. The maximum absolute atomic E-state index is 13.0. The highest BCUT2D eigenvalue weighted by molar-refractivity contribution is 5.97. The van der Waals surface area contributed by atoms with Crippen molar-refractivity contribution in [3.63, 3.8) is 0 Å². The molecule has 18 heavy (non-hydrogen) atoms. The predicted molar refractivity (Wildman–Crippen MR) is 63.8 cm³/mol. The van der Waals surface area contributed by atoms with Gasteiger partial charge >= 0.3 is 0 Å². The lowest BCUT2D eigenvalue weighted by Gasteiger charge is -2.46. The van der Waals surface area contributed by atoms with Crippen molar-refractivity contribution in [3.05, 3.63) is 29.6 Å². The number of aliphatic hydroxyl groups is 1. The number of nitrogens with zero attached hydrogens (tertiary/aromatic N) is 1. The van der Waals surface area contributed by atoms with Gasteiger partial charge in [0.25, 0.3) is 5.91 Å². The molecule has 1 saturated heterocycles.